The summed E-state index contributed by atoms with van der Waals surface area (Å²) in [6, 6.07) is 30.1. The van der Waals surface area contributed by atoms with Gasteiger partial charge in [-0.3, -0.25) is 0 Å². The zero-order valence-electron chi connectivity index (χ0n) is 44.9. The van der Waals surface area contributed by atoms with Crippen molar-refractivity contribution in [1.29, 1.82) is 0 Å². The second-order valence-corrected chi connectivity index (χ2v) is 23.6. The van der Waals surface area contributed by atoms with Crippen molar-refractivity contribution in [3.8, 4) is 28.4 Å². The number of halogens is 5. The van der Waals surface area contributed by atoms with Gasteiger partial charge in [-0.15, -0.1) is 0 Å². The van der Waals surface area contributed by atoms with Crippen LogP contribution in [0.5, 0.6) is 17.2 Å². The second kappa shape index (κ2) is 28.7. The highest BCUT2D eigenvalue weighted by molar-refractivity contribution is 9.10. The number of aryl methyl sites for hydroxylation is 3. The average Bonchev–Trinajstić information content (AvgIpc) is 3.35. The molecule has 77 heavy (non-hydrogen) atoms. The fraction of sp³-hybridized carbons (Fsp3) is 0.421. The molecule has 0 aromatic heterocycles. The number of amides is 3. The first-order chi connectivity index (χ1) is 36.2. The number of ether oxygens (including phenoxy) is 6. The number of hydrogen-bond acceptors (Lipinski definition) is 11. The van der Waals surface area contributed by atoms with Crippen LogP contribution >= 0.6 is 62.3 Å². The van der Waals surface area contributed by atoms with Gasteiger partial charge in [0.1, 0.15) is 52.4 Å². The molecule has 3 amide bonds. The van der Waals surface area contributed by atoms with Gasteiger partial charge >= 0.3 is 25.4 Å². The lowest BCUT2D eigenvalue weighted by Crippen LogP contribution is -2.42. The van der Waals surface area contributed by atoms with Crippen molar-refractivity contribution in [3.05, 3.63) is 138 Å². The summed E-state index contributed by atoms with van der Waals surface area (Å²) < 4.78 is 34.3. The fourth-order valence-corrected chi connectivity index (χ4v) is 9.19. The summed E-state index contributed by atoms with van der Waals surface area (Å²) in [5.74, 6) is 2.19. The van der Waals surface area contributed by atoms with Crippen molar-refractivity contribution in [2.75, 3.05) is 19.6 Å². The standard InChI is InChI=1S/C21H23Cl2NO3.C15H22BNO5.C15H21NO3.C6H3BrCl2/c1-21(2,3)27-20(25)24-12-14-11-10-13-6-4-7-15(19(13)26-14)18-16(22)8-5-9-17(18)23;1-15(2,3)22-14(18)17-9-11-8-7-10-5-4-6-12(16(19)20)13(10)21-11;1-15(2,3)19-14(17)16-10-12-9-8-11-6-4-5-7-13(11)18-12;7-6-4(8)2-1-3-5(6)9/h4-9,14H,10-12H2,1-3H3,(H,24,25);4-6,11,19-20H,7-9H2,1-3H3,(H,17,18);4-7,12H,8-10H2,1-3H3,(H,16,17);1-3H/t14-;11-;12-;/m111./s1. The Bertz CT molecular complexity index is 2750. The van der Waals surface area contributed by atoms with Crippen molar-refractivity contribution in [1.82, 2.24) is 16.0 Å². The molecule has 8 rings (SSSR count). The maximum atomic E-state index is 11.9. The van der Waals surface area contributed by atoms with Crippen molar-refractivity contribution in [2.45, 2.75) is 136 Å². The number of nitrogens with one attached hydrogen (secondary N) is 3. The van der Waals surface area contributed by atoms with E-state index in [0.717, 1.165) is 76.8 Å². The van der Waals surface area contributed by atoms with Gasteiger partial charge in [0, 0.05) is 16.6 Å². The maximum Gasteiger partial charge on any atom is 0.492 e. The first kappa shape index (κ1) is 62.8. The number of carbonyl (C=O) groups is 3. The zero-order valence-corrected chi connectivity index (χ0v) is 49.5. The van der Waals surface area contributed by atoms with E-state index in [0.29, 0.717) is 50.9 Å². The van der Waals surface area contributed by atoms with E-state index < -0.39 is 42.2 Å². The van der Waals surface area contributed by atoms with Crippen molar-refractivity contribution in [3.63, 3.8) is 0 Å². The van der Waals surface area contributed by atoms with E-state index in [1.54, 1.807) is 51.1 Å². The van der Waals surface area contributed by atoms with E-state index in [-0.39, 0.29) is 18.3 Å². The van der Waals surface area contributed by atoms with Crippen LogP contribution < -0.4 is 35.6 Å². The number of carbonyl (C=O) groups excluding carboxylic acids is 3. The monoisotopic (exact) mass is 1200 g/mol. The topological polar surface area (TPSA) is 183 Å². The van der Waals surface area contributed by atoms with E-state index in [1.165, 1.54) is 5.56 Å². The van der Waals surface area contributed by atoms with Crippen LogP contribution in [0.15, 0.2) is 102 Å². The summed E-state index contributed by atoms with van der Waals surface area (Å²) in [5.41, 5.74) is 3.72. The molecule has 416 valence electrons. The molecule has 14 nitrogen and oxygen atoms in total. The Hall–Kier alpha value is -5.07. The molecule has 5 aromatic carbocycles. The van der Waals surface area contributed by atoms with Gasteiger partial charge in [-0.2, -0.15) is 0 Å². The Morgan fingerprint density at radius 3 is 1.36 bits per heavy atom. The number of alkyl carbamates (subject to hydrolysis) is 3. The highest BCUT2D eigenvalue weighted by Gasteiger charge is 2.29. The molecule has 3 heterocycles. The Balaban J connectivity index is 0.000000199. The van der Waals surface area contributed by atoms with E-state index in [2.05, 4.69) is 37.9 Å². The number of fused-ring (bicyclic) bond motifs is 3. The van der Waals surface area contributed by atoms with Crippen LogP contribution in [-0.2, 0) is 33.5 Å². The van der Waals surface area contributed by atoms with Gasteiger partial charge in [-0.05, 0) is 164 Å². The van der Waals surface area contributed by atoms with Crippen molar-refractivity contribution < 1.29 is 52.9 Å². The van der Waals surface area contributed by atoms with Crippen LogP contribution in [-0.4, -0.2) is 90.2 Å². The number of hydrogen-bond donors (Lipinski definition) is 5. The minimum Gasteiger partial charge on any atom is -0.489 e. The Morgan fingerprint density at radius 2 is 0.909 bits per heavy atom. The lowest BCUT2D eigenvalue weighted by Gasteiger charge is -2.29. The molecule has 0 aliphatic carbocycles. The van der Waals surface area contributed by atoms with Crippen molar-refractivity contribution >= 4 is 93.2 Å². The van der Waals surface area contributed by atoms with E-state index in [1.807, 2.05) is 102 Å². The summed E-state index contributed by atoms with van der Waals surface area (Å²) >= 11 is 27.4. The van der Waals surface area contributed by atoms with E-state index >= 15 is 0 Å². The minimum absolute atomic E-state index is 0.0161. The molecule has 3 atom stereocenters. The summed E-state index contributed by atoms with van der Waals surface area (Å²) in [6.07, 6.45) is 3.38. The summed E-state index contributed by atoms with van der Waals surface area (Å²) in [4.78, 5) is 35.1. The molecule has 0 saturated heterocycles. The largest absolute Gasteiger partial charge is 0.492 e. The zero-order chi connectivity index (χ0) is 56.7. The maximum absolute atomic E-state index is 11.9. The van der Waals surface area contributed by atoms with Gasteiger partial charge in [0.05, 0.1) is 44.2 Å². The quantitative estimate of drug-likeness (QED) is 0.0566. The average molecular weight is 1200 g/mol. The summed E-state index contributed by atoms with van der Waals surface area (Å²) in [5, 5.41) is 29.4. The lowest BCUT2D eigenvalue weighted by atomic mass is 9.77. The molecule has 20 heteroatoms. The van der Waals surface area contributed by atoms with Crippen molar-refractivity contribution in [2.24, 2.45) is 0 Å². The Morgan fingerprint density at radius 1 is 0.532 bits per heavy atom. The van der Waals surface area contributed by atoms with Gasteiger partial charge in [-0.1, -0.05) is 113 Å². The third-order valence-electron chi connectivity index (χ3n) is 11.3. The summed E-state index contributed by atoms with van der Waals surface area (Å²) in [7, 11) is -1.58. The van der Waals surface area contributed by atoms with E-state index in [4.69, 9.17) is 74.8 Å². The normalized spacial score (nSPS) is 16.2. The molecular formula is C57H69BBrCl4N3O11. The van der Waals surface area contributed by atoms with Gasteiger partial charge in [0.25, 0.3) is 0 Å². The highest BCUT2D eigenvalue weighted by Crippen LogP contribution is 2.43. The smallest absolute Gasteiger partial charge is 0.489 e. The second-order valence-electron chi connectivity index (χ2n) is 21.2. The lowest BCUT2D eigenvalue weighted by molar-refractivity contribution is 0.0485. The third kappa shape index (κ3) is 20.9. The molecule has 0 bridgehead atoms. The third-order valence-corrected chi connectivity index (χ3v) is 13.9. The Kier molecular flexibility index (Phi) is 23.4. The molecule has 0 spiro atoms. The predicted octanol–water partition coefficient (Wildman–Crippen LogP) is 13.1. The molecule has 3 aliphatic rings. The minimum atomic E-state index is -1.58. The van der Waals surface area contributed by atoms with Crippen LogP contribution in [0, 0.1) is 0 Å². The fourth-order valence-electron chi connectivity index (χ4n) is 7.93. The predicted molar refractivity (Wildman–Crippen MR) is 310 cm³/mol. The molecular weight excluding hydrogens is 1140 g/mol. The molecule has 5 N–H and O–H groups in total. The van der Waals surface area contributed by atoms with Crippen LogP contribution in [0.4, 0.5) is 14.4 Å². The molecule has 0 unspecified atom stereocenters. The van der Waals surface area contributed by atoms with Crippen LogP contribution in [0.3, 0.4) is 0 Å². The molecule has 5 aromatic rings. The highest BCUT2D eigenvalue weighted by atomic mass is 79.9. The molecule has 3 aliphatic heterocycles. The number of benzene rings is 5. The number of rotatable bonds is 8. The van der Waals surface area contributed by atoms with Crippen LogP contribution in [0.25, 0.3) is 11.1 Å². The SMILES string of the molecule is CC(C)(C)OC(=O)NC[C@H]1CCc2cccc(-c3c(Cl)cccc3Cl)c2O1.CC(C)(C)OC(=O)NC[C@H]1CCc2cccc(B(O)O)c2O1.CC(C)(C)OC(=O)NC[C@H]1CCc2ccccc2O1.Clc1cccc(Cl)c1Br. The van der Waals surface area contributed by atoms with Gasteiger partial charge in [0.2, 0.25) is 0 Å². The first-order valence-electron chi connectivity index (χ1n) is 25.3. The van der Waals surface area contributed by atoms with E-state index in [9.17, 15) is 24.4 Å². The van der Waals surface area contributed by atoms with Crippen LogP contribution in [0.1, 0.15) is 98.3 Å². The number of para-hydroxylation sites is 3. The summed E-state index contributed by atoms with van der Waals surface area (Å²) in [6.45, 7) is 17.6. The van der Waals surface area contributed by atoms with Crippen LogP contribution in [0.2, 0.25) is 20.1 Å². The molecule has 0 saturated carbocycles. The van der Waals surface area contributed by atoms with Gasteiger partial charge in [0.15, 0.2) is 0 Å². The first-order valence-corrected chi connectivity index (χ1v) is 27.6. The van der Waals surface area contributed by atoms with Gasteiger partial charge in [-0.25, -0.2) is 14.4 Å². The Labute approximate surface area is 481 Å². The van der Waals surface area contributed by atoms with Gasteiger partial charge < -0.3 is 54.4 Å². The molecule has 0 radical (unpaired) electrons. The molecule has 0 fully saturated rings.